The molecule has 8 nitrogen and oxygen atoms in total. The Kier molecular flexibility index (Phi) is 18.4. The number of unbranched alkanes of at least 4 members (excludes halogenated alkanes) is 18. The van der Waals surface area contributed by atoms with E-state index >= 15 is 0 Å². The fraction of sp³-hybridized carbons (Fsp3) is 0.464. The zero-order valence-electron chi connectivity index (χ0n) is 39.0. The van der Waals surface area contributed by atoms with Crippen LogP contribution in [0.25, 0.3) is 22.3 Å². The first kappa shape index (κ1) is 48.0. The number of benzene rings is 4. The lowest BCUT2D eigenvalue weighted by molar-refractivity contribution is -0.117. The number of ether oxygens (including phenoxy) is 2. The van der Waals surface area contributed by atoms with Gasteiger partial charge in [-0.1, -0.05) is 166 Å². The van der Waals surface area contributed by atoms with Crippen molar-refractivity contribution >= 4 is 34.8 Å². The molecule has 340 valence electrons. The summed E-state index contributed by atoms with van der Waals surface area (Å²) >= 11 is 0. The molecule has 0 unspecified atom stereocenters. The first-order chi connectivity index (χ1) is 31.2. The first-order valence-corrected chi connectivity index (χ1v) is 24.4. The van der Waals surface area contributed by atoms with Gasteiger partial charge >= 0.3 is 0 Å². The molecule has 2 aliphatic heterocycles. The highest BCUT2D eigenvalue weighted by atomic mass is 16.5. The fourth-order valence-corrected chi connectivity index (χ4v) is 9.00. The second-order valence-electron chi connectivity index (χ2n) is 17.6. The average Bonchev–Trinajstić information content (AvgIpc) is 3.76. The molecule has 0 aliphatic carbocycles. The molecule has 0 saturated heterocycles. The number of anilines is 2. The van der Waals surface area contributed by atoms with E-state index in [1.54, 1.807) is 24.3 Å². The van der Waals surface area contributed by atoms with E-state index in [2.05, 4.69) is 13.8 Å². The average molecular weight is 867 g/mol. The first-order valence-electron chi connectivity index (χ1n) is 24.4. The molecule has 0 bridgehead atoms. The maximum Gasteiger partial charge on any atom is 0.228 e. The standard InChI is InChI=1S/C56H70N2O6/c1-5-7-9-11-13-15-17-19-21-23-37-63-47-31-25-43(26-32-47)45-29-35-49-51(39-45)57(41(3)59)53(55(49)61)54-56(62)50-36-30-46(40-52(50)58(54)42(4)60)44-27-33-48(34-28-44)64-38-24-22-20-18-16-14-12-10-8-6-2/h25-36,39-40H,5-24,37-38H2,1-4H3/b54-53+. The minimum Gasteiger partial charge on any atom is -0.494 e. The van der Waals surface area contributed by atoms with Gasteiger partial charge in [-0.2, -0.15) is 0 Å². The smallest absolute Gasteiger partial charge is 0.228 e. The number of carbonyl (C=O) groups is 4. The van der Waals surface area contributed by atoms with Crippen molar-refractivity contribution in [3.63, 3.8) is 0 Å². The zero-order valence-corrected chi connectivity index (χ0v) is 39.0. The van der Waals surface area contributed by atoms with Crippen molar-refractivity contribution in [2.75, 3.05) is 23.0 Å². The van der Waals surface area contributed by atoms with Crippen molar-refractivity contribution in [3.8, 4) is 33.8 Å². The predicted molar refractivity (Wildman–Crippen MR) is 260 cm³/mol. The van der Waals surface area contributed by atoms with Crippen LogP contribution in [0.4, 0.5) is 11.4 Å². The number of nitrogens with zero attached hydrogens (tertiary/aromatic N) is 2. The Balaban J connectivity index is 1.08. The van der Waals surface area contributed by atoms with E-state index in [0.717, 1.165) is 46.6 Å². The number of Topliss-reactive ketones (excluding diaryl/α,β-unsaturated/α-hetero) is 2. The van der Waals surface area contributed by atoms with Crippen molar-refractivity contribution in [2.45, 2.75) is 156 Å². The van der Waals surface area contributed by atoms with Crippen LogP contribution >= 0.6 is 0 Å². The van der Waals surface area contributed by atoms with Crippen LogP contribution in [-0.2, 0) is 9.59 Å². The van der Waals surface area contributed by atoms with Crippen molar-refractivity contribution in [2.24, 2.45) is 0 Å². The molecule has 64 heavy (non-hydrogen) atoms. The van der Waals surface area contributed by atoms with Crippen LogP contribution in [-0.4, -0.2) is 36.6 Å². The molecule has 0 spiro atoms. The molecule has 0 fully saturated rings. The molecule has 6 rings (SSSR count). The summed E-state index contributed by atoms with van der Waals surface area (Å²) in [4.78, 5) is 58.0. The molecule has 0 aromatic heterocycles. The van der Waals surface area contributed by atoms with Crippen LogP contribution in [0.1, 0.15) is 177 Å². The Morgan fingerprint density at radius 3 is 1.02 bits per heavy atom. The van der Waals surface area contributed by atoms with Crippen LogP contribution < -0.4 is 19.3 Å². The molecule has 2 aliphatic rings. The summed E-state index contributed by atoms with van der Waals surface area (Å²) in [6, 6.07) is 26.3. The summed E-state index contributed by atoms with van der Waals surface area (Å²) in [6.07, 6.45) is 25.5. The van der Waals surface area contributed by atoms with E-state index in [0.29, 0.717) is 35.7 Å². The molecule has 0 N–H and O–H groups in total. The van der Waals surface area contributed by atoms with Crippen LogP contribution in [0.2, 0.25) is 0 Å². The predicted octanol–water partition coefficient (Wildman–Crippen LogP) is 14.6. The van der Waals surface area contributed by atoms with Crippen molar-refractivity contribution < 1.29 is 28.7 Å². The highest BCUT2D eigenvalue weighted by molar-refractivity contribution is 6.34. The van der Waals surface area contributed by atoms with E-state index in [1.807, 2.05) is 60.7 Å². The van der Waals surface area contributed by atoms with Crippen LogP contribution in [0, 0.1) is 0 Å². The number of fused-ring (bicyclic) bond motifs is 2. The fourth-order valence-electron chi connectivity index (χ4n) is 9.00. The zero-order chi connectivity index (χ0) is 45.3. The topological polar surface area (TPSA) is 93.2 Å². The summed E-state index contributed by atoms with van der Waals surface area (Å²) in [6.45, 7) is 8.58. The molecule has 0 atom stereocenters. The molecular formula is C56H70N2O6. The summed E-state index contributed by atoms with van der Waals surface area (Å²) in [7, 11) is 0. The van der Waals surface area contributed by atoms with Gasteiger partial charge in [0, 0.05) is 25.0 Å². The van der Waals surface area contributed by atoms with Crippen molar-refractivity contribution in [3.05, 3.63) is 107 Å². The van der Waals surface area contributed by atoms with Crippen molar-refractivity contribution in [1.82, 2.24) is 0 Å². The Hall–Kier alpha value is -5.50. The lowest BCUT2D eigenvalue weighted by Gasteiger charge is -2.23. The van der Waals surface area contributed by atoms with Gasteiger partial charge in [0.1, 0.15) is 22.9 Å². The molecule has 2 amide bonds. The second-order valence-corrected chi connectivity index (χ2v) is 17.6. The Morgan fingerprint density at radius 1 is 0.406 bits per heavy atom. The number of allylic oxidation sites excluding steroid dienone is 2. The molecule has 2 heterocycles. The lowest BCUT2D eigenvalue weighted by Crippen LogP contribution is -2.34. The van der Waals surface area contributed by atoms with Gasteiger partial charge in [-0.05, 0) is 83.6 Å². The molecule has 0 radical (unpaired) electrons. The van der Waals surface area contributed by atoms with Crippen LogP contribution in [0.3, 0.4) is 0 Å². The Bertz CT molecular complexity index is 2070. The van der Waals surface area contributed by atoms with E-state index in [1.165, 1.54) is 139 Å². The number of ketones is 2. The molecule has 4 aromatic carbocycles. The molecule has 0 saturated carbocycles. The van der Waals surface area contributed by atoms with Gasteiger partial charge in [0.2, 0.25) is 23.4 Å². The van der Waals surface area contributed by atoms with E-state index < -0.39 is 23.4 Å². The highest BCUT2D eigenvalue weighted by Gasteiger charge is 2.45. The van der Waals surface area contributed by atoms with Gasteiger partial charge in [0.15, 0.2) is 0 Å². The van der Waals surface area contributed by atoms with Gasteiger partial charge in [-0.25, -0.2) is 0 Å². The monoisotopic (exact) mass is 867 g/mol. The van der Waals surface area contributed by atoms with E-state index in [9.17, 15) is 19.2 Å². The van der Waals surface area contributed by atoms with Gasteiger partial charge in [-0.3, -0.25) is 29.0 Å². The summed E-state index contributed by atoms with van der Waals surface area (Å²) < 4.78 is 12.1. The third kappa shape index (κ3) is 12.4. The van der Waals surface area contributed by atoms with E-state index in [4.69, 9.17) is 9.47 Å². The van der Waals surface area contributed by atoms with Crippen LogP contribution in [0.15, 0.2) is 96.3 Å². The van der Waals surface area contributed by atoms with Gasteiger partial charge in [-0.15, -0.1) is 0 Å². The highest BCUT2D eigenvalue weighted by Crippen LogP contribution is 2.45. The van der Waals surface area contributed by atoms with Crippen molar-refractivity contribution in [1.29, 1.82) is 0 Å². The SMILES string of the molecule is CCCCCCCCCCCCOc1ccc(-c2ccc3c(c2)N(C(C)=O)/C(=C2\C(=O)c4ccc(-c5ccc(OCCCCCCCCCCCC)cc5)cc4N2C(C)=O)C3=O)cc1. The number of hydrogen-bond acceptors (Lipinski definition) is 6. The Labute approximate surface area is 382 Å². The van der Waals surface area contributed by atoms with E-state index in [-0.39, 0.29) is 11.4 Å². The summed E-state index contributed by atoms with van der Waals surface area (Å²) in [5, 5.41) is 0. The van der Waals surface area contributed by atoms with Crippen LogP contribution in [0.5, 0.6) is 11.5 Å². The quantitative estimate of drug-likeness (QED) is 0.0461. The number of carbonyl (C=O) groups excluding carboxylic acids is 4. The molecular weight excluding hydrogens is 797 g/mol. The lowest BCUT2D eigenvalue weighted by atomic mass is 10.0. The molecule has 4 aromatic rings. The molecule has 8 heteroatoms. The normalized spacial score (nSPS) is 14.3. The summed E-state index contributed by atoms with van der Waals surface area (Å²) in [5.74, 6) is -0.258. The maximum atomic E-state index is 14.2. The summed E-state index contributed by atoms with van der Waals surface area (Å²) in [5.41, 5.74) is 4.50. The maximum absolute atomic E-state index is 14.2. The number of rotatable bonds is 26. The number of hydrogen-bond donors (Lipinski definition) is 0. The largest absolute Gasteiger partial charge is 0.494 e. The van der Waals surface area contributed by atoms with Gasteiger partial charge in [0.05, 0.1) is 24.6 Å². The van der Waals surface area contributed by atoms with Gasteiger partial charge < -0.3 is 9.47 Å². The minimum absolute atomic E-state index is 0.114. The second kappa shape index (κ2) is 24.5. The number of amides is 2. The minimum atomic E-state index is -0.483. The third-order valence-corrected chi connectivity index (χ3v) is 12.6. The Morgan fingerprint density at radius 2 is 0.703 bits per heavy atom. The van der Waals surface area contributed by atoms with Gasteiger partial charge in [0.25, 0.3) is 0 Å². The third-order valence-electron chi connectivity index (χ3n) is 12.6.